The number of thiophene rings is 1. The first-order valence-electron chi connectivity index (χ1n) is 8.56. The molecule has 1 aromatic heterocycles. The molecule has 136 valence electrons. The summed E-state index contributed by atoms with van der Waals surface area (Å²) < 4.78 is 12.7. The van der Waals surface area contributed by atoms with Crippen LogP contribution in [0.4, 0.5) is 0 Å². The molecule has 0 N–H and O–H groups in total. The Morgan fingerprint density at radius 2 is 2.19 bits per heavy atom. The minimum Gasteiger partial charge on any atom is -0.491 e. The van der Waals surface area contributed by atoms with Crippen LogP contribution in [-0.2, 0) is 11.2 Å². The fraction of sp³-hybridized carbons (Fsp3) is 0.368. The standard InChI is InChI=1S/C19H18BrNO4S/c20-18-7-6-17(26-18)19(23)21-8-9-24-12(10-21)11-25-16-3-1-2-13-14(16)4-5-15(13)22/h1-3,6-7,12H,4-5,8-11H2. The van der Waals surface area contributed by atoms with E-state index in [1.165, 1.54) is 11.3 Å². The van der Waals surface area contributed by atoms with Crippen LogP contribution >= 0.6 is 27.3 Å². The highest BCUT2D eigenvalue weighted by Gasteiger charge is 2.27. The van der Waals surface area contributed by atoms with Gasteiger partial charge in [-0.15, -0.1) is 11.3 Å². The van der Waals surface area contributed by atoms with Crippen molar-refractivity contribution in [2.24, 2.45) is 0 Å². The first-order valence-corrected chi connectivity index (χ1v) is 10.2. The Bertz CT molecular complexity index is 850. The number of fused-ring (bicyclic) bond motifs is 1. The maximum absolute atomic E-state index is 12.6. The molecular formula is C19H18BrNO4S. The van der Waals surface area contributed by atoms with Gasteiger partial charge in [0.1, 0.15) is 18.5 Å². The van der Waals surface area contributed by atoms with Crippen molar-refractivity contribution in [2.75, 3.05) is 26.3 Å². The minimum absolute atomic E-state index is 0.0280. The van der Waals surface area contributed by atoms with Gasteiger partial charge in [-0.1, -0.05) is 12.1 Å². The van der Waals surface area contributed by atoms with Crippen LogP contribution in [0.1, 0.15) is 32.0 Å². The van der Waals surface area contributed by atoms with Gasteiger partial charge in [-0.2, -0.15) is 0 Å². The van der Waals surface area contributed by atoms with E-state index in [2.05, 4.69) is 15.9 Å². The lowest BCUT2D eigenvalue weighted by molar-refractivity contribution is -0.0401. The molecule has 1 unspecified atom stereocenters. The molecule has 7 heteroatoms. The lowest BCUT2D eigenvalue weighted by Gasteiger charge is -2.32. The first kappa shape index (κ1) is 17.7. The van der Waals surface area contributed by atoms with Crippen LogP contribution in [0.5, 0.6) is 5.75 Å². The van der Waals surface area contributed by atoms with E-state index in [0.717, 1.165) is 32.0 Å². The molecule has 4 rings (SSSR count). The average molecular weight is 436 g/mol. The van der Waals surface area contributed by atoms with Crippen molar-refractivity contribution >= 4 is 39.0 Å². The number of nitrogens with zero attached hydrogens (tertiary/aromatic N) is 1. The summed E-state index contributed by atoms with van der Waals surface area (Å²) in [7, 11) is 0. The van der Waals surface area contributed by atoms with E-state index >= 15 is 0 Å². The van der Waals surface area contributed by atoms with Gasteiger partial charge in [0, 0.05) is 24.1 Å². The van der Waals surface area contributed by atoms with E-state index in [1.54, 1.807) is 0 Å². The predicted octanol–water partition coefficient (Wildman–Crippen LogP) is 3.56. The summed E-state index contributed by atoms with van der Waals surface area (Å²) in [6, 6.07) is 9.32. The highest BCUT2D eigenvalue weighted by molar-refractivity contribution is 9.11. The summed E-state index contributed by atoms with van der Waals surface area (Å²) in [4.78, 5) is 27.0. The molecule has 0 spiro atoms. The Kier molecular flexibility index (Phi) is 5.11. The molecule has 26 heavy (non-hydrogen) atoms. The summed E-state index contributed by atoms with van der Waals surface area (Å²) in [5.74, 6) is 0.959. The van der Waals surface area contributed by atoms with Crippen molar-refractivity contribution in [3.05, 3.63) is 50.1 Å². The minimum atomic E-state index is -0.177. The van der Waals surface area contributed by atoms with Crippen LogP contribution in [-0.4, -0.2) is 49.0 Å². The number of hydrogen-bond acceptors (Lipinski definition) is 5. The van der Waals surface area contributed by atoms with Crippen LogP contribution in [0.3, 0.4) is 0 Å². The van der Waals surface area contributed by atoms with Crippen LogP contribution in [0.2, 0.25) is 0 Å². The highest BCUT2D eigenvalue weighted by atomic mass is 79.9. The smallest absolute Gasteiger partial charge is 0.264 e. The van der Waals surface area contributed by atoms with E-state index in [1.807, 2.05) is 35.2 Å². The summed E-state index contributed by atoms with van der Waals surface area (Å²) in [5.41, 5.74) is 1.76. The van der Waals surface area contributed by atoms with Crippen LogP contribution in [0, 0.1) is 0 Å². The largest absolute Gasteiger partial charge is 0.491 e. The molecule has 0 saturated carbocycles. The zero-order valence-corrected chi connectivity index (χ0v) is 16.5. The SMILES string of the molecule is O=C1CCc2c(OCC3CN(C(=O)c4ccc(Br)s4)CCO3)cccc21. The number of morpholine rings is 1. The van der Waals surface area contributed by atoms with Crippen molar-refractivity contribution in [2.45, 2.75) is 18.9 Å². The molecule has 1 amide bonds. The number of halogens is 1. The van der Waals surface area contributed by atoms with Gasteiger partial charge in [-0.25, -0.2) is 0 Å². The number of amides is 1. The van der Waals surface area contributed by atoms with Gasteiger partial charge in [-0.3, -0.25) is 9.59 Å². The third-order valence-electron chi connectivity index (χ3n) is 4.67. The maximum atomic E-state index is 12.6. The number of Topliss-reactive ketones (excluding diaryl/α,β-unsaturated/α-hetero) is 1. The average Bonchev–Trinajstić information content (AvgIpc) is 3.26. The Hall–Kier alpha value is -1.70. The third-order valence-corrected chi connectivity index (χ3v) is 6.28. The van der Waals surface area contributed by atoms with E-state index in [-0.39, 0.29) is 17.8 Å². The molecule has 1 saturated heterocycles. The topological polar surface area (TPSA) is 55.8 Å². The molecule has 1 fully saturated rings. The summed E-state index contributed by atoms with van der Waals surface area (Å²) >= 11 is 4.83. The molecule has 1 aliphatic carbocycles. The Balaban J connectivity index is 1.39. The van der Waals surface area contributed by atoms with Crippen LogP contribution in [0.15, 0.2) is 34.1 Å². The van der Waals surface area contributed by atoms with Gasteiger partial charge in [0.25, 0.3) is 5.91 Å². The number of rotatable bonds is 4. The van der Waals surface area contributed by atoms with Crippen molar-refractivity contribution in [3.8, 4) is 5.75 Å². The fourth-order valence-corrected chi connectivity index (χ4v) is 4.72. The molecule has 2 aromatic rings. The fourth-order valence-electron chi connectivity index (χ4n) is 3.37. The second-order valence-corrected chi connectivity index (χ2v) is 8.83. The zero-order chi connectivity index (χ0) is 18.1. The van der Waals surface area contributed by atoms with Gasteiger partial charge in [0.05, 0.1) is 21.8 Å². The molecule has 2 aliphatic rings. The molecule has 5 nitrogen and oxygen atoms in total. The van der Waals surface area contributed by atoms with Crippen molar-refractivity contribution < 1.29 is 19.1 Å². The second-order valence-electron chi connectivity index (χ2n) is 6.36. The van der Waals surface area contributed by atoms with E-state index in [0.29, 0.717) is 32.7 Å². The van der Waals surface area contributed by atoms with Gasteiger partial charge in [-0.05, 0) is 40.5 Å². The van der Waals surface area contributed by atoms with Gasteiger partial charge in [0.15, 0.2) is 5.78 Å². The molecular weight excluding hydrogens is 418 g/mol. The van der Waals surface area contributed by atoms with Crippen molar-refractivity contribution in [1.29, 1.82) is 0 Å². The van der Waals surface area contributed by atoms with Crippen molar-refractivity contribution in [3.63, 3.8) is 0 Å². The Morgan fingerprint density at radius 1 is 1.31 bits per heavy atom. The van der Waals surface area contributed by atoms with Gasteiger partial charge in [0.2, 0.25) is 0 Å². The number of benzene rings is 1. The van der Waals surface area contributed by atoms with Crippen molar-refractivity contribution in [1.82, 2.24) is 4.90 Å². The summed E-state index contributed by atoms with van der Waals surface area (Å²) in [6.45, 7) is 1.95. The first-order chi connectivity index (χ1) is 12.6. The number of ether oxygens (including phenoxy) is 2. The number of ketones is 1. The van der Waals surface area contributed by atoms with E-state index in [4.69, 9.17) is 9.47 Å². The molecule has 0 bridgehead atoms. The highest BCUT2D eigenvalue weighted by Crippen LogP contribution is 2.31. The van der Waals surface area contributed by atoms with Gasteiger partial charge >= 0.3 is 0 Å². The summed E-state index contributed by atoms with van der Waals surface area (Å²) in [6.07, 6.45) is 1.10. The number of carbonyl (C=O) groups is 2. The molecule has 1 aromatic carbocycles. The van der Waals surface area contributed by atoms with Gasteiger partial charge < -0.3 is 14.4 Å². The molecule has 1 aliphatic heterocycles. The second kappa shape index (κ2) is 7.50. The predicted molar refractivity (Wildman–Crippen MR) is 102 cm³/mol. The zero-order valence-electron chi connectivity index (χ0n) is 14.1. The van der Waals surface area contributed by atoms with Crippen LogP contribution < -0.4 is 4.74 Å². The lowest BCUT2D eigenvalue weighted by atomic mass is 10.1. The molecule has 0 radical (unpaired) electrons. The Labute approximate surface area is 164 Å². The molecule has 1 atom stereocenters. The number of carbonyl (C=O) groups excluding carboxylic acids is 2. The maximum Gasteiger partial charge on any atom is 0.264 e. The molecule has 2 heterocycles. The van der Waals surface area contributed by atoms with E-state index in [9.17, 15) is 9.59 Å². The normalized spacial score (nSPS) is 19.5. The Morgan fingerprint density at radius 3 is 3.00 bits per heavy atom. The number of hydrogen-bond donors (Lipinski definition) is 0. The third kappa shape index (κ3) is 3.56. The van der Waals surface area contributed by atoms with Crippen LogP contribution in [0.25, 0.3) is 0 Å². The van der Waals surface area contributed by atoms with E-state index < -0.39 is 0 Å². The monoisotopic (exact) mass is 435 g/mol. The lowest BCUT2D eigenvalue weighted by Crippen LogP contribution is -2.47. The summed E-state index contributed by atoms with van der Waals surface area (Å²) in [5, 5.41) is 0. The quantitative estimate of drug-likeness (QED) is 0.736.